The second kappa shape index (κ2) is 10.9. The van der Waals surface area contributed by atoms with E-state index >= 15 is 0 Å². The normalized spacial score (nSPS) is 12.9. The van der Waals surface area contributed by atoms with Crippen LogP contribution in [-0.4, -0.2) is 58.2 Å². The molecule has 0 saturated carbocycles. The van der Waals surface area contributed by atoms with Gasteiger partial charge in [-0.1, -0.05) is 11.8 Å². The first kappa shape index (κ1) is 23.4. The molecular formula is C22H25N5O4S2. The second-order valence-electron chi connectivity index (χ2n) is 7.43. The molecule has 11 heteroatoms. The van der Waals surface area contributed by atoms with Crippen molar-refractivity contribution in [2.75, 3.05) is 31.9 Å². The molecule has 3 aromatic heterocycles. The molecule has 33 heavy (non-hydrogen) atoms. The molecule has 4 rings (SSSR count). The van der Waals surface area contributed by atoms with E-state index in [1.807, 2.05) is 16.7 Å². The van der Waals surface area contributed by atoms with Crippen molar-refractivity contribution in [2.45, 2.75) is 37.4 Å². The third-order valence-corrected chi connectivity index (χ3v) is 7.49. The first-order valence-electron chi connectivity index (χ1n) is 10.6. The van der Waals surface area contributed by atoms with Gasteiger partial charge in [0, 0.05) is 29.9 Å². The van der Waals surface area contributed by atoms with E-state index in [0.717, 1.165) is 41.7 Å². The molecule has 0 aliphatic heterocycles. The number of amides is 1. The average molecular weight is 488 g/mol. The maximum Gasteiger partial charge on any atom is 0.341 e. The van der Waals surface area contributed by atoms with Crippen LogP contribution in [0.25, 0.3) is 11.4 Å². The fraction of sp³-hybridized carbons (Fsp3) is 0.409. The topological polar surface area (TPSA) is 108 Å². The highest BCUT2D eigenvalue weighted by molar-refractivity contribution is 7.99. The van der Waals surface area contributed by atoms with Crippen molar-refractivity contribution >= 4 is 40.0 Å². The Morgan fingerprint density at radius 1 is 1.18 bits per heavy atom. The largest absolute Gasteiger partial charge is 0.465 e. The summed E-state index contributed by atoms with van der Waals surface area (Å²) in [5, 5.41) is 12.7. The van der Waals surface area contributed by atoms with Crippen LogP contribution in [0.2, 0.25) is 0 Å². The molecule has 0 fully saturated rings. The monoisotopic (exact) mass is 487 g/mol. The summed E-state index contributed by atoms with van der Waals surface area (Å²) in [4.78, 5) is 30.4. The van der Waals surface area contributed by atoms with Gasteiger partial charge in [0.2, 0.25) is 5.91 Å². The molecule has 3 heterocycles. The van der Waals surface area contributed by atoms with Gasteiger partial charge in [-0.25, -0.2) is 4.79 Å². The molecule has 0 spiro atoms. The van der Waals surface area contributed by atoms with Crippen LogP contribution in [0.4, 0.5) is 5.00 Å². The lowest BCUT2D eigenvalue weighted by Crippen LogP contribution is -2.17. The Morgan fingerprint density at radius 3 is 2.73 bits per heavy atom. The molecule has 174 valence electrons. The molecule has 1 N–H and O–H groups in total. The maximum atomic E-state index is 12.8. The van der Waals surface area contributed by atoms with Gasteiger partial charge < -0.3 is 14.8 Å². The molecular weight excluding hydrogens is 462 g/mol. The van der Waals surface area contributed by atoms with Crippen molar-refractivity contribution in [3.63, 3.8) is 0 Å². The number of aromatic nitrogens is 4. The Hall–Kier alpha value is -2.76. The van der Waals surface area contributed by atoms with Gasteiger partial charge in [-0.05, 0) is 43.4 Å². The zero-order valence-corrected chi connectivity index (χ0v) is 20.1. The van der Waals surface area contributed by atoms with Gasteiger partial charge >= 0.3 is 5.97 Å². The number of anilines is 1. The van der Waals surface area contributed by atoms with E-state index in [2.05, 4.69) is 20.5 Å². The van der Waals surface area contributed by atoms with E-state index in [9.17, 15) is 9.59 Å². The minimum absolute atomic E-state index is 0.130. The van der Waals surface area contributed by atoms with Crippen molar-refractivity contribution in [2.24, 2.45) is 0 Å². The SMILES string of the molecule is COCCn1c(SCC(=O)Nc2sc3c(c2C(=O)OC)CCCC3)nnc1-c1ccncc1. The Kier molecular flexibility index (Phi) is 7.73. The molecule has 0 unspecified atom stereocenters. The highest BCUT2D eigenvalue weighted by Gasteiger charge is 2.27. The predicted octanol–water partition coefficient (Wildman–Crippen LogP) is 3.44. The maximum absolute atomic E-state index is 12.8. The van der Waals surface area contributed by atoms with Gasteiger partial charge in [-0.3, -0.25) is 14.3 Å². The number of methoxy groups -OCH3 is 2. The number of carbonyl (C=O) groups is 2. The number of ether oxygens (including phenoxy) is 2. The smallest absolute Gasteiger partial charge is 0.341 e. The van der Waals surface area contributed by atoms with Gasteiger partial charge in [0.1, 0.15) is 5.00 Å². The Balaban J connectivity index is 1.49. The summed E-state index contributed by atoms with van der Waals surface area (Å²) in [6.07, 6.45) is 7.29. The van der Waals surface area contributed by atoms with E-state index in [-0.39, 0.29) is 11.7 Å². The molecule has 0 aromatic carbocycles. The molecule has 1 aliphatic carbocycles. The average Bonchev–Trinajstić information content (AvgIpc) is 3.42. The van der Waals surface area contributed by atoms with Gasteiger partial charge in [0.25, 0.3) is 0 Å². The van der Waals surface area contributed by atoms with Gasteiger partial charge in [-0.15, -0.1) is 21.5 Å². The van der Waals surface area contributed by atoms with E-state index < -0.39 is 5.97 Å². The second-order valence-corrected chi connectivity index (χ2v) is 9.48. The van der Waals surface area contributed by atoms with Crippen LogP contribution >= 0.6 is 23.1 Å². The number of fused-ring (bicyclic) bond motifs is 1. The van der Waals surface area contributed by atoms with Crippen molar-refractivity contribution in [3.05, 3.63) is 40.5 Å². The summed E-state index contributed by atoms with van der Waals surface area (Å²) in [5.74, 6) is 0.204. The minimum Gasteiger partial charge on any atom is -0.465 e. The Labute approximate surface area is 199 Å². The number of nitrogens with one attached hydrogen (secondary N) is 1. The number of thiophene rings is 1. The van der Waals surface area contributed by atoms with Gasteiger partial charge in [0.05, 0.1) is 31.6 Å². The molecule has 1 amide bonds. The predicted molar refractivity (Wildman–Crippen MR) is 127 cm³/mol. The third kappa shape index (κ3) is 5.26. The molecule has 9 nitrogen and oxygen atoms in total. The van der Waals surface area contributed by atoms with Crippen LogP contribution in [-0.2, 0) is 33.7 Å². The van der Waals surface area contributed by atoms with Crippen molar-refractivity contribution < 1.29 is 19.1 Å². The Bertz CT molecular complexity index is 1130. The lowest BCUT2D eigenvalue weighted by atomic mass is 9.95. The van der Waals surface area contributed by atoms with Gasteiger partial charge in [0.15, 0.2) is 11.0 Å². The first-order valence-corrected chi connectivity index (χ1v) is 12.4. The number of thioether (sulfide) groups is 1. The summed E-state index contributed by atoms with van der Waals surface area (Å²) in [6, 6.07) is 3.72. The zero-order valence-electron chi connectivity index (χ0n) is 18.5. The summed E-state index contributed by atoms with van der Waals surface area (Å²) in [6.45, 7) is 1.04. The molecule has 0 radical (unpaired) electrons. The van der Waals surface area contributed by atoms with Crippen molar-refractivity contribution in [1.29, 1.82) is 0 Å². The molecule has 1 aliphatic rings. The number of hydrogen-bond acceptors (Lipinski definition) is 9. The minimum atomic E-state index is -0.404. The number of carbonyl (C=O) groups excluding carboxylic acids is 2. The van der Waals surface area contributed by atoms with Crippen molar-refractivity contribution in [1.82, 2.24) is 19.7 Å². The molecule has 0 saturated heterocycles. The van der Waals surface area contributed by atoms with Crippen molar-refractivity contribution in [3.8, 4) is 11.4 Å². The standard InChI is InChI=1S/C22H25N5O4S2/c1-30-12-11-27-19(14-7-9-23-10-8-14)25-26-22(27)32-13-17(28)24-20-18(21(29)31-2)15-5-3-4-6-16(15)33-20/h7-10H,3-6,11-13H2,1-2H3,(H,24,28). The Morgan fingerprint density at radius 2 is 1.97 bits per heavy atom. The number of aryl methyl sites for hydroxylation is 1. The highest BCUT2D eigenvalue weighted by Crippen LogP contribution is 2.38. The number of nitrogens with zero attached hydrogens (tertiary/aromatic N) is 4. The fourth-order valence-electron chi connectivity index (χ4n) is 3.76. The first-order chi connectivity index (χ1) is 16.1. The highest BCUT2D eigenvalue weighted by atomic mass is 32.2. The third-order valence-electron chi connectivity index (χ3n) is 5.32. The van der Waals surface area contributed by atoms with E-state index in [1.165, 1.54) is 30.2 Å². The molecule has 0 atom stereocenters. The zero-order chi connectivity index (χ0) is 23.2. The lowest BCUT2D eigenvalue weighted by Gasteiger charge is -2.12. The number of hydrogen-bond donors (Lipinski definition) is 1. The van der Waals surface area contributed by atoms with Crippen LogP contribution in [0.15, 0.2) is 29.7 Å². The quantitative estimate of drug-likeness (QED) is 0.361. The fourth-order valence-corrected chi connectivity index (χ4v) is 5.82. The number of rotatable bonds is 9. The summed E-state index contributed by atoms with van der Waals surface area (Å²) < 4.78 is 12.1. The van der Waals surface area contributed by atoms with Crippen LogP contribution in [0.1, 0.15) is 33.6 Å². The molecule has 0 bridgehead atoms. The van der Waals surface area contributed by atoms with Crippen LogP contribution in [0.5, 0.6) is 0 Å². The van der Waals surface area contributed by atoms with E-state index in [0.29, 0.717) is 34.7 Å². The van der Waals surface area contributed by atoms with Crippen LogP contribution in [0.3, 0.4) is 0 Å². The van der Waals surface area contributed by atoms with Crippen LogP contribution < -0.4 is 5.32 Å². The molecule has 3 aromatic rings. The van der Waals surface area contributed by atoms with E-state index in [1.54, 1.807) is 19.5 Å². The number of pyridine rings is 1. The summed E-state index contributed by atoms with van der Waals surface area (Å²) in [7, 11) is 3.00. The summed E-state index contributed by atoms with van der Waals surface area (Å²) in [5.41, 5.74) is 2.40. The van der Waals surface area contributed by atoms with Gasteiger partial charge in [-0.2, -0.15) is 0 Å². The number of esters is 1. The van der Waals surface area contributed by atoms with Crippen LogP contribution in [0, 0.1) is 0 Å². The lowest BCUT2D eigenvalue weighted by molar-refractivity contribution is -0.113. The van der Waals surface area contributed by atoms with E-state index in [4.69, 9.17) is 9.47 Å². The summed E-state index contributed by atoms with van der Waals surface area (Å²) >= 11 is 2.76.